The molecule has 0 aliphatic carbocycles. The molecule has 0 bridgehead atoms. The van der Waals surface area contributed by atoms with Crippen LogP contribution in [0.5, 0.6) is 0 Å². The van der Waals surface area contributed by atoms with Crippen LogP contribution in [0.2, 0.25) is 0 Å². The van der Waals surface area contributed by atoms with Gasteiger partial charge in [-0.05, 0) is 30.4 Å². The summed E-state index contributed by atoms with van der Waals surface area (Å²) in [7, 11) is 0. The highest BCUT2D eigenvalue weighted by atomic mass is 16.5. The van der Waals surface area contributed by atoms with E-state index in [2.05, 4.69) is 43.0 Å². The van der Waals surface area contributed by atoms with Gasteiger partial charge >= 0.3 is 5.97 Å². The van der Waals surface area contributed by atoms with E-state index in [9.17, 15) is 9.59 Å². The van der Waals surface area contributed by atoms with Crippen molar-refractivity contribution in [2.24, 2.45) is 11.8 Å². The lowest BCUT2D eigenvalue weighted by atomic mass is 9.90. The van der Waals surface area contributed by atoms with Crippen molar-refractivity contribution in [3.8, 4) is 0 Å². The van der Waals surface area contributed by atoms with Gasteiger partial charge in [0.1, 0.15) is 0 Å². The first-order valence-electron chi connectivity index (χ1n) is 10.5. The maximum Gasteiger partial charge on any atom is 0.306 e. The molecule has 0 aliphatic heterocycles. The van der Waals surface area contributed by atoms with Crippen LogP contribution in [0.25, 0.3) is 0 Å². The third-order valence-corrected chi connectivity index (χ3v) is 4.81. The number of carbonyl (C=O) groups excluding carboxylic acids is 2. The summed E-state index contributed by atoms with van der Waals surface area (Å²) in [4.78, 5) is 27.3. The van der Waals surface area contributed by atoms with Crippen molar-refractivity contribution in [3.63, 3.8) is 0 Å². The van der Waals surface area contributed by atoms with Gasteiger partial charge in [-0.1, -0.05) is 74.5 Å². The van der Waals surface area contributed by atoms with Gasteiger partial charge in [-0.2, -0.15) is 0 Å². The maximum absolute atomic E-state index is 13.2. The van der Waals surface area contributed by atoms with Crippen LogP contribution in [0, 0.1) is 11.8 Å². The van der Waals surface area contributed by atoms with Gasteiger partial charge in [0, 0.05) is 19.0 Å². The Kier molecular flexibility index (Phi) is 9.58. The van der Waals surface area contributed by atoms with E-state index in [-0.39, 0.29) is 24.1 Å². The summed E-state index contributed by atoms with van der Waals surface area (Å²) in [5.74, 6) is -0.138. The monoisotopic (exact) mass is 395 g/mol. The molecule has 2 rings (SSSR count). The van der Waals surface area contributed by atoms with Crippen LogP contribution in [0.15, 0.2) is 60.7 Å². The van der Waals surface area contributed by atoms with Crippen molar-refractivity contribution in [1.29, 1.82) is 0 Å². The number of rotatable bonds is 12. The Bertz CT molecular complexity index is 702. The summed E-state index contributed by atoms with van der Waals surface area (Å²) in [5, 5.41) is 0. The van der Waals surface area contributed by atoms with Crippen molar-refractivity contribution < 1.29 is 14.3 Å². The number of esters is 1. The summed E-state index contributed by atoms with van der Waals surface area (Å²) >= 11 is 0. The highest BCUT2D eigenvalue weighted by Gasteiger charge is 2.25. The number of ether oxygens (including phenoxy) is 1. The minimum atomic E-state index is -0.303. The molecule has 4 nitrogen and oxygen atoms in total. The Hall–Kier alpha value is -2.46. The van der Waals surface area contributed by atoms with Crippen LogP contribution in [0.3, 0.4) is 0 Å². The number of hydrogen-bond donors (Lipinski definition) is 0. The number of carbonyl (C=O) groups is 2. The van der Waals surface area contributed by atoms with E-state index in [0.717, 1.165) is 0 Å². The molecule has 1 atom stereocenters. The predicted octanol–water partition coefficient (Wildman–Crippen LogP) is 4.87. The molecule has 156 valence electrons. The molecule has 4 heteroatoms. The lowest BCUT2D eigenvalue weighted by molar-refractivity contribution is -0.146. The quantitative estimate of drug-likeness (QED) is 0.481. The van der Waals surface area contributed by atoms with E-state index in [0.29, 0.717) is 38.6 Å². The van der Waals surface area contributed by atoms with Crippen LogP contribution in [-0.4, -0.2) is 29.8 Å². The Labute approximate surface area is 174 Å². The van der Waals surface area contributed by atoms with Crippen molar-refractivity contribution in [2.75, 3.05) is 13.2 Å². The zero-order valence-electron chi connectivity index (χ0n) is 17.8. The fourth-order valence-electron chi connectivity index (χ4n) is 3.52. The van der Waals surface area contributed by atoms with E-state index in [4.69, 9.17) is 4.74 Å². The highest BCUT2D eigenvalue weighted by Crippen LogP contribution is 2.19. The fraction of sp³-hybridized carbons (Fsp3) is 0.440. The molecular formula is C25H33NO3. The average molecular weight is 396 g/mol. The molecule has 0 unspecified atom stereocenters. The summed E-state index contributed by atoms with van der Waals surface area (Å²) in [6.07, 6.45) is 0.859. The van der Waals surface area contributed by atoms with Crippen LogP contribution in [-0.2, 0) is 27.4 Å². The zero-order valence-corrected chi connectivity index (χ0v) is 17.8. The van der Waals surface area contributed by atoms with Gasteiger partial charge in [-0.25, -0.2) is 0 Å². The number of nitrogens with zero attached hydrogens (tertiary/aromatic N) is 1. The Balaban J connectivity index is 2.12. The van der Waals surface area contributed by atoms with Gasteiger partial charge < -0.3 is 4.74 Å². The molecule has 0 aliphatic rings. The van der Waals surface area contributed by atoms with E-state index >= 15 is 0 Å². The van der Waals surface area contributed by atoms with Gasteiger partial charge in [0.25, 0.3) is 0 Å². The lowest BCUT2D eigenvalue weighted by Crippen LogP contribution is -2.34. The van der Waals surface area contributed by atoms with Gasteiger partial charge in [0.15, 0.2) is 5.78 Å². The van der Waals surface area contributed by atoms with E-state index < -0.39 is 0 Å². The number of benzene rings is 2. The molecule has 0 saturated carbocycles. The molecule has 0 saturated heterocycles. The molecule has 0 fully saturated rings. The molecular weight excluding hydrogens is 362 g/mol. The Morgan fingerprint density at radius 3 is 1.86 bits per heavy atom. The van der Waals surface area contributed by atoms with E-state index in [1.54, 1.807) is 6.92 Å². The number of Topliss-reactive ketones (excluding diaryl/α,β-unsaturated/α-hetero) is 1. The topological polar surface area (TPSA) is 46.6 Å². The molecule has 2 aromatic carbocycles. The standard InChI is InChI=1S/C25H33NO3/c1-4-29-25(28)16-23(15-20(2)3)24(27)19-26(17-21-11-7-5-8-12-21)18-22-13-9-6-10-14-22/h5-14,20,23H,4,15-19H2,1-3H3/t23-/m1/s1. The summed E-state index contributed by atoms with van der Waals surface area (Å²) in [5.41, 5.74) is 2.34. The first-order chi connectivity index (χ1) is 14.0. The zero-order chi connectivity index (χ0) is 21.1. The first-order valence-corrected chi connectivity index (χ1v) is 10.5. The molecule has 0 N–H and O–H groups in total. The van der Waals surface area contributed by atoms with E-state index in [1.807, 2.05) is 36.4 Å². The molecule has 0 heterocycles. The summed E-state index contributed by atoms with van der Waals surface area (Å²) < 4.78 is 5.10. The van der Waals surface area contributed by atoms with Crippen LogP contribution < -0.4 is 0 Å². The number of ketones is 1. The second kappa shape index (κ2) is 12.2. The molecule has 29 heavy (non-hydrogen) atoms. The van der Waals surface area contributed by atoms with Crippen molar-refractivity contribution in [1.82, 2.24) is 4.90 Å². The van der Waals surface area contributed by atoms with Crippen LogP contribution in [0.1, 0.15) is 44.7 Å². The maximum atomic E-state index is 13.2. The molecule has 0 spiro atoms. The molecule has 2 aromatic rings. The molecule has 0 amide bonds. The summed E-state index contributed by atoms with van der Waals surface area (Å²) in [6, 6.07) is 20.3. The normalized spacial score (nSPS) is 12.2. The van der Waals surface area contributed by atoms with Gasteiger partial charge in [0.05, 0.1) is 19.6 Å². The Morgan fingerprint density at radius 1 is 0.897 bits per heavy atom. The predicted molar refractivity (Wildman–Crippen MR) is 116 cm³/mol. The van der Waals surface area contributed by atoms with E-state index in [1.165, 1.54) is 11.1 Å². The third kappa shape index (κ3) is 8.61. The van der Waals surface area contributed by atoms with Crippen LogP contribution >= 0.6 is 0 Å². The minimum absolute atomic E-state index is 0.110. The lowest BCUT2D eigenvalue weighted by Gasteiger charge is -2.25. The third-order valence-electron chi connectivity index (χ3n) is 4.81. The molecule has 0 aromatic heterocycles. The largest absolute Gasteiger partial charge is 0.466 e. The SMILES string of the molecule is CCOC(=O)C[C@@H](CC(C)C)C(=O)CN(Cc1ccccc1)Cc1ccccc1. The number of hydrogen-bond acceptors (Lipinski definition) is 4. The minimum Gasteiger partial charge on any atom is -0.466 e. The van der Waals surface area contributed by atoms with Crippen molar-refractivity contribution in [3.05, 3.63) is 71.8 Å². The smallest absolute Gasteiger partial charge is 0.306 e. The molecule has 0 radical (unpaired) electrons. The van der Waals surface area contributed by atoms with Gasteiger partial charge in [0.2, 0.25) is 0 Å². The van der Waals surface area contributed by atoms with Gasteiger partial charge in [-0.3, -0.25) is 14.5 Å². The first kappa shape index (κ1) is 22.8. The Morgan fingerprint density at radius 2 is 1.41 bits per heavy atom. The second-order valence-corrected chi connectivity index (χ2v) is 7.92. The van der Waals surface area contributed by atoms with Crippen molar-refractivity contribution >= 4 is 11.8 Å². The average Bonchev–Trinajstić information content (AvgIpc) is 2.69. The highest BCUT2D eigenvalue weighted by molar-refractivity contribution is 5.86. The van der Waals surface area contributed by atoms with Crippen molar-refractivity contribution in [2.45, 2.75) is 46.7 Å². The second-order valence-electron chi connectivity index (χ2n) is 7.92. The summed E-state index contributed by atoms with van der Waals surface area (Å²) in [6.45, 7) is 7.99. The van der Waals surface area contributed by atoms with Crippen LogP contribution in [0.4, 0.5) is 0 Å². The van der Waals surface area contributed by atoms with Gasteiger partial charge in [-0.15, -0.1) is 0 Å². The fourth-order valence-corrected chi connectivity index (χ4v) is 3.52.